The lowest BCUT2D eigenvalue weighted by molar-refractivity contribution is -0.140. The smallest absolute Gasteiger partial charge is 0.332 e. The van der Waals surface area contributed by atoms with Crippen LogP contribution in [0.1, 0.15) is 33.1 Å². The average Bonchev–Trinajstić information content (AvgIpc) is 3.08. The third kappa shape index (κ3) is 4.54. The van der Waals surface area contributed by atoms with Crippen molar-refractivity contribution in [3.05, 3.63) is 32.5 Å². The maximum atomic E-state index is 12.9. The molecule has 2 aromatic heterocycles. The molecule has 1 aliphatic heterocycles. The first-order chi connectivity index (χ1) is 14.6. The Morgan fingerprint density at radius 3 is 2.58 bits per heavy atom. The van der Waals surface area contributed by atoms with Gasteiger partial charge in [-0.25, -0.2) is 4.79 Å². The van der Waals surface area contributed by atoms with Gasteiger partial charge in [-0.3, -0.25) is 23.5 Å². The maximum Gasteiger partial charge on any atom is 0.332 e. The van der Waals surface area contributed by atoms with E-state index in [1.54, 1.807) is 11.6 Å². The van der Waals surface area contributed by atoms with E-state index in [1.807, 2.05) is 24.8 Å². The quantitative estimate of drug-likeness (QED) is 0.484. The topological polar surface area (TPSA) is 131 Å². The summed E-state index contributed by atoms with van der Waals surface area (Å²) in [4.78, 5) is 54.6. The summed E-state index contributed by atoms with van der Waals surface area (Å²) in [5.74, 6) is -1.16. The lowest BCUT2D eigenvalue weighted by Crippen LogP contribution is -2.48. The van der Waals surface area contributed by atoms with Gasteiger partial charge in [0.2, 0.25) is 11.9 Å². The second-order valence-corrected chi connectivity index (χ2v) is 8.11. The SMILES string of the molecule is CC(C)=CCn1c(N2CCCC(NC(=O)CC(=O)O)C2)nc2c1c(=O)n(C)c(=O)n2C. The fourth-order valence-electron chi connectivity index (χ4n) is 3.82. The number of carbonyl (C=O) groups excluding carboxylic acids is 1. The van der Waals surface area contributed by atoms with E-state index >= 15 is 0 Å². The van der Waals surface area contributed by atoms with Crippen LogP contribution in [0.4, 0.5) is 5.95 Å². The van der Waals surface area contributed by atoms with E-state index in [0.29, 0.717) is 36.7 Å². The Labute approximate surface area is 178 Å². The predicted octanol–water partition coefficient (Wildman–Crippen LogP) is -0.0404. The second-order valence-electron chi connectivity index (χ2n) is 8.11. The first kappa shape index (κ1) is 22.3. The number of anilines is 1. The Balaban J connectivity index is 2.04. The molecule has 2 aromatic rings. The monoisotopic (exact) mass is 432 g/mol. The summed E-state index contributed by atoms with van der Waals surface area (Å²) in [5, 5.41) is 11.6. The molecule has 2 N–H and O–H groups in total. The van der Waals surface area contributed by atoms with E-state index in [-0.39, 0.29) is 6.04 Å². The molecule has 1 unspecified atom stereocenters. The second kappa shape index (κ2) is 8.78. The number of rotatable bonds is 6. The number of aliphatic carboxylic acids is 1. The number of amides is 1. The molecule has 0 radical (unpaired) electrons. The zero-order valence-corrected chi connectivity index (χ0v) is 18.2. The summed E-state index contributed by atoms with van der Waals surface area (Å²) in [7, 11) is 3.02. The number of allylic oxidation sites excluding steroid dienone is 2. The van der Waals surface area contributed by atoms with Crippen molar-refractivity contribution in [1.82, 2.24) is 24.0 Å². The molecule has 1 amide bonds. The molecular weight excluding hydrogens is 404 g/mol. The number of piperidine rings is 1. The summed E-state index contributed by atoms with van der Waals surface area (Å²) >= 11 is 0. The number of hydrogen-bond acceptors (Lipinski definition) is 6. The van der Waals surface area contributed by atoms with Crippen molar-refractivity contribution in [2.45, 2.75) is 45.7 Å². The van der Waals surface area contributed by atoms with Crippen molar-refractivity contribution in [2.75, 3.05) is 18.0 Å². The van der Waals surface area contributed by atoms with Gasteiger partial charge < -0.3 is 19.9 Å². The lowest BCUT2D eigenvalue weighted by Gasteiger charge is -2.34. The number of aromatic nitrogens is 4. The van der Waals surface area contributed by atoms with Gasteiger partial charge in [-0.15, -0.1) is 0 Å². The highest BCUT2D eigenvalue weighted by atomic mass is 16.4. The average molecular weight is 432 g/mol. The molecule has 1 aliphatic rings. The zero-order valence-electron chi connectivity index (χ0n) is 18.2. The molecule has 1 fully saturated rings. The van der Waals surface area contributed by atoms with Crippen LogP contribution >= 0.6 is 0 Å². The zero-order chi connectivity index (χ0) is 22.9. The van der Waals surface area contributed by atoms with Crippen molar-refractivity contribution in [2.24, 2.45) is 14.1 Å². The van der Waals surface area contributed by atoms with E-state index in [9.17, 15) is 19.2 Å². The minimum atomic E-state index is -1.18. The van der Waals surface area contributed by atoms with Crippen molar-refractivity contribution in [1.29, 1.82) is 0 Å². The van der Waals surface area contributed by atoms with E-state index < -0.39 is 29.5 Å². The standard InChI is InChI=1S/C20H28N6O5/c1-12(2)7-9-26-16-17(23(3)20(31)24(4)18(16)30)22-19(26)25-8-5-6-13(11-25)21-14(27)10-15(28)29/h7,13H,5-6,8-11H2,1-4H3,(H,21,27)(H,28,29). The highest BCUT2D eigenvalue weighted by Crippen LogP contribution is 2.23. The lowest BCUT2D eigenvalue weighted by atomic mass is 10.1. The van der Waals surface area contributed by atoms with Crippen molar-refractivity contribution < 1.29 is 14.7 Å². The van der Waals surface area contributed by atoms with E-state index in [4.69, 9.17) is 5.11 Å². The first-order valence-electron chi connectivity index (χ1n) is 10.2. The number of aryl methyl sites for hydroxylation is 1. The van der Waals surface area contributed by atoms with E-state index in [0.717, 1.165) is 23.0 Å². The fraction of sp³-hybridized carbons (Fsp3) is 0.550. The molecule has 0 aliphatic carbocycles. The molecular formula is C20H28N6O5. The van der Waals surface area contributed by atoms with Gasteiger partial charge in [-0.05, 0) is 26.7 Å². The van der Waals surface area contributed by atoms with Crippen LogP contribution in [-0.4, -0.2) is 54.8 Å². The predicted molar refractivity (Wildman–Crippen MR) is 115 cm³/mol. The third-order valence-corrected chi connectivity index (χ3v) is 5.39. The number of carboxylic acid groups (broad SMARTS) is 1. The number of imidazole rings is 1. The largest absolute Gasteiger partial charge is 0.481 e. The summed E-state index contributed by atoms with van der Waals surface area (Å²) in [6, 6.07) is -0.232. The van der Waals surface area contributed by atoms with Crippen LogP contribution in [0.3, 0.4) is 0 Å². The summed E-state index contributed by atoms with van der Waals surface area (Å²) in [6.45, 7) is 5.42. The molecule has 11 nitrogen and oxygen atoms in total. The molecule has 1 atom stereocenters. The van der Waals surface area contributed by atoms with Crippen LogP contribution in [0.25, 0.3) is 11.2 Å². The fourth-order valence-corrected chi connectivity index (χ4v) is 3.82. The highest BCUT2D eigenvalue weighted by molar-refractivity contribution is 5.93. The van der Waals surface area contributed by atoms with Crippen LogP contribution in [-0.2, 0) is 30.2 Å². The van der Waals surface area contributed by atoms with E-state index in [2.05, 4.69) is 10.3 Å². The number of hydrogen-bond donors (Lipinski definition) is 2. The highest BCUT2D eigenvalue weighted by Gasteiger charge is 2.27. The summed E-state index contributed by atoms with van der Waals surface area (Å²) in [6.07, 6.45) is 2.89. The van der Waals surface area contributed by atoms with Gasteiger partial charge in [0.25, 0.3) is 5.56 Å². The molecule has 0 saturated carbocycles. The van der Waals surface area contributed by atoms with Gasteiger partial charge >= 0.3 is 11.7 Å². The Morgan fingerprint density at radius 1 is 1.23 bits per heavy atom. The number of carbonyl (C=O) groups is 2. The molecule has 0 aromatic carbocycles. The Morgan fingerprint density at radius 2 is 1.94 bits per heavy atom. The number of fused-ring (bicyclic) bond motifs is 1. The maximum absolute atomic E-state index is 12.9. The molecule has 0 bridgehead atoms. The Hall–Kier alpha value is -3.37. The van der Waals surface area contributed by atoms with Gasteiger partial charge in [0.1, 0.15) is 6.42 Å². The van der Waals surface area contributed by atoms with Crippen molar-refractivity contribution >= 4 is 29.0 Å². The normalized spacial score (nSPS) is 16.4. The molecule has 31 heavy (non-hydrogen) atoms. The van der Waals surface area contributed by atoms with Crippen LogP contribution in [0.15, 0.2) is 21.2 Å². The van der Waals surface area contributed by atoms with Crippen molar-refractivity contribution in [3.63, 3.8) is 0 Å². The molecule has 1 saturated heterocycles. The summed E-state index contributed by atoms with van der Waals surface area (Å²) < 4.78 is 4.22. The number of nitrogens with zero attached hydrogens (tertiary/aromatic N) is 5. The summed E-state index contributed by atoms with van der Waals surface area (Å²) in [5.41, 5.74) is 0.860. The molecule has 11 heteroatoms. The number of carboxylic acids is 1. The third-order valence-electron chi connectivity index (χ3n) is 5.39. The molecule has 168 valence electrons. The van der Waals surface area contributed by atoms with Crippen LogP contribution < -0.4 is 21.5 Å². The minimum absolute atomic E-state index is 0.232. The van der Waals surface area contributed by atoms with Gasteiger partial charge in [-0.2, -0.15) is 4.98 Å². The Kier molecular flexibility index (Phi) is 6.32. The first-order valence-corrected chi connectivity index (χ1v) is 10.2. The van der Waals surface area contributed by atoms with E-state index in [1.165, 1.54) is 11.6 Å². The van der Waals surface area contributed by atoms with Crippen LogP contribution in [0.5, 0.6) is 0 Å². The van der Waals surface area contributed by atoms with Crippen molar-refractivity contribution in [3.8, 4) is 0 Å². The molecule has 3 rings (SSSR count). The van der Waals surface area contributed by atoms with Gasteiger partial charge in [0.15, 0.2) is 11.2 Å². The Bertz CT molecular complexity index is 1170. The molecule has 0 spiro atoms. The minimum Gasteiger partial charge on any atom is -0.481 e. The van der Waals surface area contributed by atoms with Crippen LogP contribution in [0, 0.1) is 0 Å². The van der Waals surface area contributed by atoms with Gasteiger partial charge in [-0.1, -0.05) is 11.6 Å². The number of nitrogens with one attached hydrogen (secondary N) is 1. The van der Waals surface area contributed by atoms with Gasteiger partial charge in [0, 0.05) is 39.8 Å². The van der Waals surface area contributed by atoms with Crippen LogP contribution in [0.2, 0.25) is 0 Å². The van der Waals surface area contributed by atoms with Gasteiger partial charge in [0.05, 0.1) is 0 Å². The molecule has 3 heterocycles.